The van der Waals surface area contributed by atoms with Gasteiger partial charge in [-0.1, -0.05) is 29.8 Å². The summed E-state index contributed by atoms with van der Waals surface area (Å²) in [7, 11) is -2.46. The maximum atomic E-state index is 13.5. The molecular formula is C26H24ClNO6S. The molecule has 0 fully saturated rings. The van der Waals surface area contributed by atoms with Crippen molar-refractivity contribution in [2.24, 2.45) is 0 Å². The van der Waals surface area contributed by atoms with Gasteiger partial charge in [0.25, 0.3) is 10.0 Å². The van der Waals surface area contributed by atoms with E-state index in [4.69, 9.17) is 21.1 Å². The maximum absolute atomic E-state index is 13.5. The van der Waals surface area contributed by atoms with Crippen molar-refractivity contribution < 1.29 is 27.5 Å². The number of methoxy groups -OCH3 is 1. The topological polar surface area (TPSA) is 90.0 Å². The van der Waals surface area contributed by atoms with Crippen LogP contribution in [0.5, 0.6) is 5.75 Å². The summed E-state index contributed by atoms with van der Waals surface area (Å²) in [6.07, 6.45) is 1.49. The number of Topliss-reactive ketones (excluding diaryl/α,β-unsaturated/α-hetero) is 1. The van der Waals surface area contributed by atoms with Crippen molar-refractivity contribution in [3.8, 4) is 5.75 Å². The highest BCUT2D eigenvalue weighted by molar-refractivity contribution is 7.92. The molecule has 182 valence electrons. The molecule has 0 bridgehead atoms. The van der Waals surface area contributed by atoms with Gasteiger partial charge in [0, 0.05) is 17.7 Å². The lowest BCUT2D eigenvalue weighted by Gasteiger charge is -2.30. The van der Waals surface area contributed by atoms with Crippen LogP contribution in [0.25, 0.3) is 0 Å². The van der Waals surface area contributed by atoms with E-state index in [1.54, 1.807) is 30.3 Å². The van der Waals surface area contributed by atoms with E-state index >= 15 is 0 Å². The molecule has 0 saturated heterocycles. The maximum Gasteiger partial charge on any atom is 0.340 e. The summed E-state index contributed by atoms with van der Waals surface area (Å²) in [5.41, 5.74) is 2.47. The highest BCUT2D eigenvalue weighted by atomic mass is 35.5. The van der Waals surface area contributed by atoms with Gasteiger partial charge in [0.05, 0.1) is 28.3 Å². The van der Waals surface area contributed by atoms with E-state index in [1.165, 1.54) is 36.5 Å². The van der Waals surface area contributed by atoms with Crippen molar-refractivity contribution >= 4 is 39.1 Å². The van der Waals surface area contributed by atoms with E-state index in [9.17, 15) is 18.0 Å². The number of rotatable bonds is 7. The molecule has 1 heterocycles. The van der Waals surface area contributed by atoms with Gasteiger partial charge in [0.2, 0.25) is 0 Å². The number of nitrogens with zero attached hydrogens (tertiary/aromatic N) is 1. The fourth-order valence-corrected chi connectivity index (χ4v) is 5.79. The lowest BCUT2D eigenvalue weighted by molar-refractivity contribution is 0.0470. The van der Waals surface area contributed by atoms with Gasteiger partial charge in [-0.2, -0.15) is 0 Å². The van der Waals surface area contributed by atoms with Gasteiger partial charge in [-0.3, -0.25) is 9.10 Å². The molecule has 1 aliphatic heterocycles. The third-order valence-corrected chi connectivity index (χ3v) is 8.00. The van der Waals surface area contributed by atoms with Crippen LogP contribution in [0, 0.1) is 0 Å². The number of ketones is 1. The molecule has 0 N–H and O–H groups in total. The fourth-order valence-electron chi connectivity index (χ4n) is 4.03. The Morgan fingerprint density at radius 2 is 1.83 bits per heavy atom. The third kappa shape index (κ3) is 5.04. The van der Waals surface area contributed by atoms with Crippen LogP contribution in [0.3, 0.4) is 0 Å². The second kappa shape index (κ2) is 10.1. The second-order valence-electron chi connectivity index (χ2n) is 8.11. The van der Waals surface area contributed by atoms with Gasteiger partial charge in [-0.25, -0.2) is 13.2 Å². The molecule has 35 heavy (non-hydrogen) atoms. The Morgan fingerprint density at radius 3 is 2.57 bits per heavy atom. The van der Waals surface area contributed by atoms with E-state index in [-0.39, 0.29) is 27.9 Å². The molecule has 0 radical (unpaired) electrons. The molecule has 9 heteroatoms. The summed E-state index contributed by atoms with van der Waals surface area (Å²) in [5, 5.41) is 0.0671. The Balaban J connectivity index is 1.60. The molecule has 7 nitrogen and oxygen atoms in total. The Kier molecular flexibility index (Phi) is 7.14. The number of anilines is 1. The molecule has 1 aliphatic rings. The van der Waals surface area contributed by atoms with Crippen molar-refractivity contribution in [1.29, 1.82) is 0 Å². The van der Waals surface area contributed by atoms with Crippen molar-refractivity contribution in [3.05, 3.63) is 87.9 Å². The highest BCUT2D eigenvalue weighted by Crippen LogP contribution is 2.33. The molecule has 0 aliphatic carbocycles. The van der Waals surface area contributed by atoms with Crippen LogP contribution >= 0.6 is 11.6 Å². The summed E-state index contributed by atoms with van der Waals surface area (Å²) in [5.74, 6) is -0.476. The minimum absolute atomic E-state index is 0.0540. The Morgan fingerprint density at radius 1 is 1.06 bits per heavy atom. The molecule has 0 unspecified atom stereocenters. The number of carbonyl (C=O) groups excluding carboxylic acids is 2. The zero-order valence-electron chi connectivity index (χ0n) is 19.3. The predicted molar refractivity (Wildman–Crippen MR) is 133 cm³/mol. The summed E-state index contributed by atoms with van der Waals surface area (Å²) < 4.78 is 39.0. The van der Waals surface area contributed by atoms with Crippen molar-refractivity contribution in [2.45, 2.75) is 31.3 Å². The monoisotopic (exact) mass is 513 g/mol. The molecule has 0 aromatic heterocycles. The molecule has 3 aromatic carbocycles. The number of halogens is 1. The lowest BCUT2D eigenvalue weighted by Crippen LogP contribution is -2.35. The zero-order valence-corrected chi connectivity index (χ0v) is 20.9. The van der Waals surface area contributed by atoms with Gasteiger partial charge in [0.15, 0.2) is 5.78 Å². The fraction of sp³-hybridized carbons (Fsp3) is 0.231. The Hall–Kier alpha value is -3.36. The molecular weight excluding hydrogens is 490 g/mol. The predicted octanol–water partition coefficient (Wildman–Crippen LogP) is 5.05. The summed E-state index contributed by atoms with van der Waals surface area (Å²) in [6, 6.07) is 16.2. The molecule has 0 atom stereocenters. The first kappa shape index (κ1) is 24.8. The number of benzene rings is 3. The normalized spacial score (nSPS) is 13.2. The van der Waals surface area contributed by atoms with Crippen LogP contribution in [0.4, 0.5) is 5.69 Å². The number of carbonyl (C=O) groups is 2. The Labute approximate surface area is 209 Å². The number of esters is 1. The van der Waals surface area contributed by atoms with Crippen LogP contribution in [-0.4, -0.2) is 33.8 Å². The molecule has 4 rings (SSSR count). The van der Waals surface area contributed by atoms with Crippen LogP contribution in [0.15, 0.2) is 65.6 Å². The van der Waals surface area contributed by atoms with Gasteiger partial charge in [0.1, 0.15) is 12.4 Å². The number of hydrogen-bond donors (Lipinski definition) is 0. The first-order chi connectivity index (χ1) is 16.7. The summed E-state index contributed by atoms with van der Waals surface area (Å²) in [6.45, 7) is 1.59. The number of fused-ring (bicyclic) bond motifs is 1. The van der Waals surface area contributed by atoms with Crippen LogP contribution in [0.1, 0.15) is 45.2 Å². The average Bonchev–Trinajstić information content (AvgIpc) is 2.86. The molecule has 3 aromatic rings. The molecule has 0 amide bonds. The number of para-hydroxylation sites is 1. The van der Waals surface area contributed by atoms with Gasteiger partial charge < -0.3 is 9.47 Å². The number of ether oxygens (including phenoxy) is 2. The largest absolute Gasteiger partial charge is 0.496 e. The van der Waals surface area contributed by atoms with Crippen molar-refractivity contribution in [3.63, 3.8) is 0 Å². The average molecular weight is 514 g/mol. The standard InChI is InChI=1S/C26H24ClNO6S/c1-17(29)19-9-12-25(33-2)20(14-19)16-34-26(30)22-15-21(10-11-23(22)27)35(31,32)28-13-5-7-18-6-3-4-8-24(18)28/h3-4,6,8-12,14-15H,5,7,13,16H2,1-2H3. The van der Waals surface area contributed by atoms with E-state index < -0.39 is 16.0 Å². The van der Waals surface area contributed by atoms with Gasteiger partial charge in [-0.05, 0) is 67.8 Å². The van der Waals surface area contributed by atoms with Crippen LogP contribution < -0.4 is 9.04 Å². The first-order valence-electron chi connectivity index (χ1n) is 11.0. The minimum Gasteiger partial charge on any atom is -0.496 e. The lowest BCUT2D eigenvalue weighted by atomic mass is 10.0. The quantitative estimate of drug-likeness (QED) is 0.324. The summed E-state index contributed by atoms with van der Waals surface area (Å²) >= 11 is 6.24. The smallest absolute Gasteiger partial charge is 0.340 e. The van der Waals surface area contributed by atoms with Crippen LogP contribution in [-0.2, 0) is 27.8 Å². The van der Waals surface area contributed by atoms with E-state index in [1.807, 2.05) is 12.1 Å². The van der Waals surface area contributed by atoms with Crippen LogP contribution in [0.2, 0.25) is 5.02 Å². The number of sulfonamides is 1. The zero-order chi connectivity index (χ0) is 25.2. The minimum atomic E-state index is -3.93. The first-order valence-corrected chi connectivity index (χ1v) is 12.8. The van der Waals surface area contributed by atoms with Crippen molar-refractivity contribution in [2.75, 3.05) is 18.0 Å². The molecule has 0 spiro atoms. The van der Waals surface area contributed by atoms with Gasteiger partial charge in [-0.15, -0.1) is 0 Å². The van der Waals surface area contributed by atoms with Gasteiger partial charge >= 0.3 is 5.97 Å². The van der Waals surface area contributed by atoms with E-state index in [0.29, 0.717) is 35.5 Å². The highest BCUT2D eigenvalue weighted by Gasteiger charge is 2.30. The Bertz CT molecular complexity index is 1400. The third-order valence-electron chi connectivity index (χ3n) is 5.86. The van der Waals surface area contributed by atoms with Crippen molar-refractivity contribution in [1.82, 2.24) is 0 Å². The molecule has 0 saturated carbocycles. The van der Waals surface area contributed by atoms with E-state index in [2.05, 4.69) is 0 Å². The SMILES string of the molecule is COc1ccc(C(C)=O)cc1COC(=O)c1cc(S(=O)(=O)N2CCCc3ccccc32)ccc1Cl. The second-order valence-corrected chi connectivity index (χ2v) is 10.4. The van der Waals surface area contributed by atoms with E-state index in [0.717, 1.165) is 12.0 Å². The number of hydrogen-bond acceptors (Lipinski definition) is 6. The number of aryl methyl sites for hydroxylation is 1. The summed E-state index contributed by atoms with van der Waals surface area (Å²) in [4.78, 5) is 24.5.